The second-order valence-corrected chi connectivity index (χ2v) is 8.83. The lowest BCUT2D eigenvalue weighted by Crippen LogP contribution is -2.59. The molecule has 0 spiro atoms. The number of benzene rings is 2. The normalized spacial score (nSPS) is 27.7. The molecule has 32 heavy (non-hydrogen) atoms. The first-order valence-electron chi connectivity index (χ1n) is 10.8. The molecule has 0 radical (unpaired) electrons. The third-order valence-electron chi connectivity index (χ3n) is 5.97. The molecule has 2 aliphatic rings. The third-order valence-corrected chi connectivity index (χ3v) is 6.34. The van der Waals surface area contributed by atoms with Gasteiger partial charge in [-0.2, -0.15) is 0 Å². The van der Waals surface area contributed by atoms with Crippen LogP contribution >= 0.6 is 11.6 Å². The van der Waals surface area contributed by atoms with Crippen molar-refractivity contribution in [1.82, 2.24) is 5.32 Å². The largest absolute Gasteiger partial charge is 0.493 e. The minimum atomic E-state index is -1.48. The van der Waals surface area contributed by atoms with Gasteiger partial charge in [-0.25, -0.2) is 0 Å². The summed E-state index contributed by atoms with van der Waals surface area (Å²) in [6.45, 7) is 2.03. The molecule has 4 rings (SSSR count). The second-order valence-electron chi connectivity index (χ2n) is 8.42. The zero-order valence-corrected chi connectivity index (χ0v) is 18.6. The molecule has 0 aromatic heterocycles. The molecule has 2 aliphatic heterocycles. The van der Waals surface area contributed by atoms with Crippen molar-refractivity contribution in [2.75, 3.05) is 6.61 Å². The van der Waals surface area contributed by atoms with Crippen LogP contribution in [0.15, 0.2) is 36.4 Å². The molecule has 7 nitrogen and oxygen atoms in total. The Labute approximate surface area is 191 Å². The fraction of sp³-hybridized carbons (Fsp3) is 0.458. The Hall–Kier alpha value is -2.16. The first kappa shape index (κ1) is 23.0. The molecule has 172 valence electrons. The fourth-order valence-electron chi connectivity index (χ4n) is 4.28. The number of aliphatic hydroxyl groups excluding tert-OH is 3. The maximum Gasteiger partial charge on any atom is 0.218 e. The molecule has 0 aliphatic carbocycles. The maximum atomic E-state index is 11.4. The van der Waals surface area contributed by atoms with Crippen molar-refractivity contribution < 1.29 is 29.6 Å². The van der Waals surface area contributed by atoms with Crippen LogP contribution in [0.1, 0.15) is 48.1 Å². The van der Waals surface area contributed by atoms with E-state index < -0.39 is 36.6 Å². The molecule has 0 bridgehead atoms. The van der Waals surface area contributed by atoms with E-state index in [1.54, 1.807) is 12.1 Å². The highest BCUT2D eigenvalue weighted by Gasteiger charge is 2.44. The van der Waals surface area contributed by atoms with Gasteiger partial charge >= 0.3 is 0 Å². The molecule has 2 heterocycles. The van der Waals surface area contributed by atoms with Gasteiger partial charge in [0.2, 0.25) is 5.91 Å². The number of rotatable bonds is 4. The molecule has 0 saturated carbocycles. The summed E-state index contributed by atoms with van der Waals surface area (Å²) in [7, 11) is 0. The maximum absolute atomic E-state index is 11.4. The van der Waals surface area contributed by atoms with Gasteiger partial charge in [0.1, 0.15) is 30.2 Å². The molecule has 5 atom stereocenters. The van der Waals surface area contributed by atoms with E-state index in [2.05, 4.69) is 11.4 Å². The Morgan fingerprint density at radius 3 is 2.69 bits per heavy atom. The van der Waals surface area contributed by atoms with Crippen molar-refractivity contribution >= 4 is 17.5 Å². The van der Waals surface area contributed by atoms with E-state index in [4.69, 9.17) is 21.1 Å². The zero-order chi connectivity index (χ0) is 22.8. The van der Waals surface area contributed by atoms with Crippen LogP contribution in [0.4, 0.5) is 0 Å². The topological polar surface area (TPSA) is 108 Å². The molecular weight excluding hydrogens is 434 g/mol. The predicted molar refractivity (Wildman–Crippen MR) is 119 cm³/mol. The van der Waals surface area contributed by atoms with Crippen LogP contribution in [-0.2, 0) is 22.4 Å². The number of carbonyl (C=O) groups is 1. The van der Waals surface area contributed by atoms with Crippen LogP contribution < -0.4 is 10.1 Å². The average molecular weight is 462 g/mol. The number of nitrogens with one attached hydrogen (secondary N) is 1. The summed E-state index contributed by atoms with van der Waals surface area (Å²) in [5.74, 6) is 0.516. The van der Waals surface area contributed by atoms with Gasteiger partial charge in [-0.15, -0.1) is 0 Å². The van der Waals surface area contributed by atoms with E-state index in [1.165, 1.54) is 12.5 Å². The Morgan fingerprint density at radius 1 is 1.09 bits per heavy atom. The van der Waals surface area contributed by atoms with E-state index in [1.807, 2.05) is 18.2 Å². The average Bonchev–Trinajstić information content (AvgIpc) is 3.00. The van der Waals surface area contributed by atoms with E-state index in [0.717, 1.165) is 42.7 Å². The van der Waals surface area contributed by atoms with Crippen LogP contribution in [-0.4, -0.2) is 52.4 Å². The van der Waals surface area contributed by atoms with Crippen LogP contribution in [0.25, 0.3) is 0 Å². The first-order chi connectivity index (χ1) is 15.3. The van der Waals surface area contributed by atoms with E-state index in [0.29, 0.717) is 17.0 Å². The number of halogens is 1. The lowest BCUT2D eigenvalue weighted by Gasteiger charge is -2.41. The molecule has 1 amide bonds. The number of aryl methyl sites for hydroxylation is 1. The van der Waals surface area contributed by atoms with Crippen molar-refractivity contribution in [3.05, 3.63) is 63.7 Å². The molecule has 2 aromatic rings. The summed E-state index contributed by atoms with van der Waals surface area (Å²) < 4.78 is 11.6. The lowest BCUT2D eigenvalue weighted by molar-refractivity contribution is -0.231. The van der Waals surface area contributed by atoms with E-state index in [9.17, 15) is 20.1 Å². The predicted octanol–water partition coefficient (Wildman–Crippen LogP) is 2.26. The summed E-state index contributed by atoms with van der Waals surface area (Å²) in [5, 5.41) is 34.0. The summed E-state index contributed by atoms with van der Waals surface area (Å²) in [5.41, 5.74) is 3.71. The highest BCUT2D eigenvalue weighted by atomic mass is 35.5. The summed E-state index contributed by atoms with van der Waals surface area (Å²) >= 11 is 6.47. The number of fused-ring (bicyclic) bond motifs is 1. The molecule has 0 unspecified atom stereocenters. The molecular formula is C24H28ClNO6. The summed E-state index contributed by atoms with van der Waals surface area (Å²) in [6, 6.07) is 11.4. The highest BCUT2D eigenvalue weighted by Crippen LogP contribution is 2.34. The SMILES string of the molecule is CC(=O)N[C@H]1O[C@@H](c2ccc(Cl)c(Cc3ccc4c(c3)CCCCO4)c2)[C@H](O)[C@@H](O)[C@@H]1O. The highest BCUT2D eigenvalue weighted by molar-refractivity contribution is 6.31. The Bertz CT molecular complexity index is 983. The van der Waals surface area contributed by atoms with E-state index in [-0.39, 0.29) is 0 Å². The van der Waals surface area contributed by atoms with Gasteiger partial charge in [0.05, 0.1) is 6.61 Å². The standard InChI is InChI=1S/C24H28ClNO6/c1-13(27)26-24-22(30)20(28)21(29)23(32-24)16-6-7-18(25)17(12-16)11-14-5-8-19-15(10-14)4-2-3-9-31-19/h5-8,10,12,20-24,28-30H,2-4,9,11H2,1H3,(H,26,27)/t20-,21-,22+,23+,24+/m1/s1. The van der Waals surface area contributed by atoms with Gasteiger partial charge in [0, 0.05) is 11.9 Å². The molecule has 4 N–H and O–H groups in total. The van der Waals surface area contributed by atoms with Crippen LogP contribution in [0, 0.1) is 0 Å². The van der Waals surface area contributed by atoms with Crippen molar-refractivity contribution in [2.45, 2.75) is 63.3 Å². The number of hydrogen-bond acceptors (Lipinski definition) is 6. The van der Waals surface area contributed by atoms with Gasteiger partial charge in [-0.1, -0.05) is 35.9 Å². The van der Waals surface area contributed by atoms with Crippen LogP contribution in [0.3, 0.4) is 0 Å². The second kappa shape index (κ2) is 9.77. The van der Waals surface area contributed by atoms with Crippen LogP contribution in [0.2, 0.25) is 5.02 Å². The van der Waals surface area contributed by atoms with Gasteiger partial charge < -0.3 is 30.1 Å². The number of carbonyl (C=O) groups excluding carboxylic acids is 1. The summed E-state index contributed by atoms with van der Waals surface area (Å²) in [6.07, 6.45) is -2.69. The summed E-state index contributed by atoms with van der Waals surface area (Å²) in [4.78, 5) is 11.4. The zero-order valence-electron chi connectivity index (χ0n) is 17.8. The first-order valence-corrected chi connectivity index (χ1v) is 11.2. The minimum Gasteiger partial charge on any atom is -0.493 e. The lowest BCUT2D eigenvalue weighted by atomic mass is 9.91. The molecule has 1 saturated heterocycles. The number of amides is 1. The van der Waals surface area contributed by atoms with Crippen molar-refractivity contribution in [2.24, 2.45) is 0 Å². The Kier molecular flexibility index (Phi) is 7.02. The Morgan fingerprint density at radius 2 is 1.91 bits per heavy atom. The quantitative estimate of drug-likeness (QED) is 0.556. The Balaban J connectivity index is 1.58. The van der Waals surface area contributed by atoms with E-state index >= 15 is 0 Å². The number of aliphatic hydroxyl groups is 3. The van der Waals surface area contributed by atoms with Crippen molar-refractivity contribution in [1.29, 1.82) is 0 Å². The van der Waals surface area contributed by atoms with Crippen molar-refractivity contribution in [3.63, 3.8) is 0 Å². The monoisotopic (exact) mass is 461 g/mol. The molecule has 8 heteroatoms. The van der Waals surface area contributed by atoms with Gasteiger partial charge in [0.15, 0.2) is 6.23 Å². The smallest absolute Gasteiger partial charge is 0.218 e. The van der Waals surface area contributed by atoms with Crippen LogP contribution in [0.5, 0.6) is 5.75 Å². The molecule has 1 fully saturated rings. The molecule has 2 aromatic carbocycles. The third kappa shape index (κ3) is 4.92. The minimum absolute atomic E-state index is 0.416. The fourth-order valence-corrected chi connectivity index (χ4v) is 4.46. The van der Waals surface area contributed by atoms with Crippen molar-refractivity contribution in [3.8, 4) is 5.75 Å². The van der Waals surface area contributed by atoms with Gasteiger partial charge in [0.25, 0.3) is 0 Å². The van der Waals surface area contributed by atoms with Gasteiger partial charge in [-0.3, -0.25) is 4.79 Å². The number of ether oxygens (including phenoxy) is 2. The van der Waals surface area contributed by atoms with Gasteiger partial charge in [-0.05, 0) is 60.1 Å². The number of hydrogen-bond donors (Lipinski definition) is 4.